The molecule has 0 fully saturated rings. The van der Waals surface area contributed by atoms with E-state index in [0.717, 1.165) is 16.7 Å². The third-order valence-corrected chi connectivity index (χ3v) is 3.80. The summed E-state index contributed by atoms with van der Waals surface area (Å²) in [6, 6.07) is 14.9. The Labute approximate surface area is 141 Å². The van der Waals surface area contributed by atoms with Crippen LogP contribution in [0.15, 0.2) is 48.5 Å². The maximum atomic E-state index is 11.8. The van der Waals surface area contributed by atoms with Crippen molar-refractivity contribution in [3.8, 4) is 11.1 Å². The molecule has 0 saturated carbocycles. The molecule has 0 saturated heterocycles. The Balaban J connectivity index is 2.50. The van der Waals surface area contributed by atoms with Gasteiger partial charge in [-0.1, -0.05) is 36.4 Å². The van der Waals surface area contributed by atoms with Gasteiger partial charge in [-0.3, -0.25) is 0 Å². The van der Waals surface area contributed by atoms with E-state index in [1.54, 1.807) is 18.2 Å². The molecular weight excluding hydrogens is 306 g/mol. The number of carbonyl (C=O) groups is 2. The summed E-state index contributed by atoms with van der Waals surface area (Å²) in [5.41, 5.74) is 2.53. The minimum absolute atomic E-state index is 0.388. The van der Waals surface area contributed by atoms with Gasteiger partial charge in [0.2, 0.25) is 0 Å². The van der Waals surface area contributed by atoms with Crippen molar-refractivity contribution < 1.29 is 19.1 Å². The molecule has 0 aliphatic rings. The number of hydrogen-bond donors (Lipinski definition) is 1. The molecule has 2 rings (SSSR count). The van der Waals surface area contributed by atoms with Crippen molar-refractivity contribution >= 4 is 12.1 Å². The molecule has 2 aromatic carbocycles. The molecule has 0 unspecified atom stereocenters. The Morgan fingerprint density at radius 2 is 1.67 bits per heavy atom. The molecule has 126 valence electrons. The molecule has 1 N–H and O–H groups in total. The minimum atomic E-state index is -0.648. The summed E-state index contributed by atoms with van der Waals surface area (Å²) in [5, 5.41) is 2.83. The summed E-state index contributed by atoms with van der Waals surface area (Å²) in [4.78, 5) is 23.4. The number of methoxy groups -OCH3 is 2. The van der Waals surface area contributed by atoms with Gasteiger partial charge in [0.25, 0.3) is 0 Å². The van der Waals surface area contributed by atoms with E-state index in [-0.39, 0.29) is 5.97 Å². The van der Waals surface area contributed by atoms with Crippen LogP contribution in [0, 0.1) is 0 Å². The minimum Gasteiger partial charge on any atom is -0.465 e. The van der Waals surface area contributed by atoms with Crippen LogP contribution in [0.25, 0.3) is 11.1 Å². The molecule has 24 heavy (non-hydrogen) atoms. The summed E-state index contributed by atoms with van der Waals surface area (Å²) in [5.74, 6) is -0.388. The number of carbonyl (C=O) groups excluding carboxylic acids is 2. The van der Waals surface area contributed by atoms with Crippen LogP contribution in [0.5, 0.6) is 0 Å². The van der Waals surface area contributed by atoms with Gasteiger partial charge in [-0.15, -0.1) is 0 Å². The van der Waals surface area contributed by atoms with Crippen molar-refractivity contribution in [3.63, 3.8) is 0 Å². The molecule has 0 aromatic heterocycles. The number of ether oxygens (including phenoxy) is 2. The monoisotopic (exact) mass is 327 g/mol. The Bertz CT molecular complexity index is 753. The second-order valence-corrected chi connectivity index (χ2v) is 5.86. The summed E-state index contributed by atoms with van der Waals surface area (Å²) in [6.45, 7) is 3.79. The van der Waals surface area contributed by atoms with Crippen molar-refractivity contribution in [1.29, 1.82) is 0 Å². The summed E-state index contributed by atoms with van der Waals surface area (Å²) in [6.07, 6.45) is -0.502. The predicted octanol–water partition coefficient (Wildman–Crippen LogP) is 3.73. The fourth-order valence-electron chi connectivity index (χ4n) is 2.58. The van der Waals surface area contributed by atoms with Crippen LogP contribution >= 0.6 is 0 Å². The van der Waals surface area contributed by atoms with Gasteiger partial charge < -0.3 is 14.8 Å². The lowest BCUT2D eigenvalue weighted by atomic mass is 9.86. The first-order valence-electron chi connectivity index (χ1n) is 7.53. The first-order valence-corrected chi connectivity index (χ1v) is 7.53. The van der Waals surface area contributed by atoms with Gasteiger partial charge in [0.1, 0.15) is 0 Å². The lowest BCUT2D eigenvalue weighted by molar-refractivity contribution is 0.0600. The van der Waals surface area contributed by atoms with Crippen molar-refractivity contribution in [2.45, 2.75) is 19.4 Å². The van der Waals surface area contributed by atoms with E-state index in [0.29, 0.717) is 5.56 Å². The van der Waals surface area contributed by atoms with Gasteiger partial charge >= 0.3 is 12.1 Å². The highest BCUT2D eigenvalue weighted by molar-refractivity contribution is 5.91. The Hall–Kier alpha value is -2.82. The molecule has 0 atom stereocenters. The largest absolute Gasteiger partial charge is 0.465 e. The fourth-order valence-corrected chi connectivity index (χ4v) is 2.58. The van der Waals surface area contributed by atoms with Gasteiger partial charge in [0, 0.05) is 0 Å². The maximum Gasteiger partial charge on any atom is 0.407 e. The number of amides is 1. The summed E-state index contributed by atoms with van der Waals surface area (Å²) in [7, 11) is 2.68. The number of rotatable bonds is 4. The molecule has 0 heterocycles. The molecule has 2 aromatic rings. The van der Waals surface area contributed by atoms with Crippen LogP contribution in [0.3, 0.4) is 0 Å². The zero-order valence-corrected chi connectivity index (χ0v) is 14.3. The van der Waals surface area contributed by atoms with E-state index in [1.807, 2.05) is 44.2 Å². The lowest BCUT2D eigenvalue weighted by Gasteiger charge is -2.28. The lowest BCUT2D eigenvalue weighted by Crippen LogP contribution is -2.41. The average molecular weight is 327 g/mol. The third kappa shape index (κ3) is 3.74. The molecule has 0 radical (unpaired) electrons. The van der Waals surface area contributed by atoms with E-state index in [9.17, 15) is 9.59 Å². The maximum absolute atomic E-state index is 11.8. The van der Waals surface area contributed by atoms with Crippen LogP contribution in [-0.2, 0) is 15.0 Å². The number of esters is 1. The van der Waals surface area contributed by atoms with Crippen LogP contribution in [0.4, 0.5) is 4.79 Å². The average Bonchev–Trinajstić information content (AvgIpc) is 2.60. The normalized spacial score (nSPS) is 10.8. The van der Waals surface area contributed by atoms with Crippen molar-refractivity contribution in [1.82, 2.24) is 5.32 Å². The number of benzene rings is 2. The van der Waals surface area contributed by atoms with Gasteiger partial charge in [-0.05, 0) is 42.7 Å². The molecule has 5 heteroatoms. The quantitative estimate of drug-likeness (QED) is 0.869. The van der Waals surface area contributed by atoms with Crippen molar-refractivity contribution in [2.24, 2.45) is 0 Å². The van der Waals surface area contributed by atoms with E-state index in [4.69, 9.17) is 9.47 Å². The van der Waals surface area contributed by atoms with E-state index in [1.165, 1.54) is 14.2 Å². The standard InChI is InChI=1S/C19H21NO4/c1-19(2,20-18(22)24-4)16-11-6-5-10-15(16)13-8-7-9-14(12-13)17(21)23-3/h5-12H,1-4H3,(H,20,22). The third-order valence-electron chi connectivity index (χ3n) is 3.80. The molecule has 5 nitrogen and oxygen atoms in total. The molecule has 0 aliphatic heterocycles. The number of alkyl carbamates (subject to hydrolysis) is 1. The SMILES string of the molecule is COC(=O)NC(C)(C)c1ccccc1-c1cccc(C(=O)OC)c1. The summed E-state index contributed by atoms with van der Waals surface area (Å²) < 4.78 is 9.49. The van der Waals surface area contributed by atoms with Gasteiger partial charge in [-0.25, -0.2) is 9.59 Å². The smallest absolute Gasteiger partial charge is 0.407 e. The highest BCUT2D eigenvalue weighted by Gasteiger charge is 2.26. The zero-order chi connectivity index (χ0) is 17.7. The highest BCUT2D eigenvalue weighted by Crippen LogP contribution is 2.32. The molecule has 0 aliphatic carbocycles. The molecule has 1 amide bonds. The zero-order valence-electron chi connectivity index (χ0n) is 14.3. The first-order chi connectivity index (χ1) is 11.4. The van der Waals surface area contributed by atoms with E-state index < -0.39 is 11.6 Å². The highest BCUT2D eigenvalue weighted by atomic mass is 16.5. The fraction of sp³-hybridized carbons (Fsp3) is 0.263. The Kier molecular flexibility index (Phi) is 5.24. The molecule has 0 bridgehead atoms. The Morgan fingerprint density at radius 1 is 0.958 bits per heavy atom. The number of hydrogen-bond acceptors (Lipinski definition) is 4. The number of nitrogens with one attached hydrogen (secondary N) is 1. The van der Waals surface area contributed by atoms with Gasteiger partial charge in [0.15, 0.2) is 0 Å². The van der Waals surface area contributed by atoms with Crippen LogP contribution in [0.1, 0.15) is 29.8 Å². The second kappa shape index (κ2) is 7.17. The Morgan fingerprint density at radius 3 is 2.33 bits per heavy atom. The van der Waals surface area contributed by atoms with Crippen molar-refractivity contribution in [3.05, 3.63) is 59.7 Å². The molecular formula is C19H21NO4. The summed E-state index contributed by atoms with van der Waals surface area (Å²) >= 11 is 0. The van der Waals surface area contributed by atoms with Crippen LogP contribution in [0.2, 0.25) is 0 Å². The van der Waals surface area contributed by atoms with Crippen LogP contribution < -0.4 is 5.32 Å². The van der Waals surface area contributed by atoms with Gasteiger partial charge in [-0.2, -0.15) is 0 Å². The first kappa shape index (κ1) is 17.5. The second-order valence-electron chi connectivity index (χ2n) is 5.86. The predicted molar refractivity (Wildman–Crippen MR) is 91.8 cm³/mol. The van der Waals surface area contributed by atoms with E-state index in [2.05, 4.69) is 5.32 Å². The topological polar surface area (TPSA) is 64.6 Å². The van der Waals surface area contributed by atoms with Gasteiger partial charge in [0.05, 0.1) is 25.3 Å². The van der Waals surface area contributed by atoms with E-state index >= 15 is 0 Å². The van der Waals surface area contributed by atoms with Crippen LogP contribution in [-0.4, -0.2) is 26.3 Å². The van der Waals surface area contributed by atoms with Crippen molar-refractivity contribution in [2.75, 3.05) is 14.2 Å². The molecule has 0 spiro atoms.